The monoisotopic (exact) mass is 558 g/mol. The maximum atomic E-state index is 13.6. The molecule has 2 aliphatic rings. The van der Waals surface area contributed by atoms with E-state index in [4.69, 9.17) is 0 Å². The number of piperidine rings is 1. The lowest BCUT2D eigenvalue weighted by atomic mass is 10.0. The summed E-state index contributed by atoms with van der Waals surface area (Å²) in [6.45, 7) is 5.62. The largest absolute Gasteiger partial charge is 0.522 e. The van der Waals surface area contributed by atoms with Crippen LogP contribution in [-0.4, -0.2) is 73.3 Å². The number of aryl methyl sites for hydroxylation is 1. The maximum absolute atomic E-state index is 13.6. The normalized spacial score (nSPS) is 22.7. The van der Waals surface area contributed by atoms with Gasteiger partial charge in [0.05, 0.1) is 12.1 Å². The second kappa shape index (κ2) is 9.95. The maximum Gasteiger partial charge on any atom is 0.522 e. The summed E-state index contributed by atoms with van der Waals surface area (Å²) in [6, 6.07) is 3.53. The molecule has 0 radical (unpaired) electrons. The van der Waals surface area contributed by atoms with Gasteiger partial charge in [-0.15, -0.1) is 13.2 Å². The molecule has 1 saturated heterocycles. The van der Waals surface area contributed by atoms with Crippen molar-refractivity contribution in [3.63, 3.8) is 0 Å². The molecule has 2 fully saturated rings. The minimum absolute atomic E-state index is 0.153. The Morgan fingerprint density at radius 3 is 2.52 bits per heavy atom. The number of carbonyl (C=O) groups excluding carboxylic acids is 3. The second-order valence-electron chi connectivity index (χ2n) is 10.9. The first-order valence-corrected chi connectivity index (χ1v) is 12.9. The zero-order chi connectivity index (χ0) is 29.0. The summed E-state index contributed by atoms with van der Waals surface area (Å²) in [5.41, 5.74) is 2.11. The molecular weight excluding hydrogens is 529 g/mol. The Hall–Kier alpha value is -3.87. The number of alkyl halides is 3. The lowest BCUT2D eigenvalue weighted by molar-refractivity contribution is -0.326. The molecule has 212 valence electrons. The number of fused-ring (bicyclic) bond motifs is 2. The van der Waals surface area contributed by atoms with Crippen LogP contribution in [0.3, 0.4) is 0 Å². The van der Waals surface area contributed by atoms with Gasteiger partial charge < -0.3 is 10.2 Å². The highest BCUT2D eigenvalue weighted by Gasteiger charge is 2.64. The predicted molar refractivity (Wildman–Crippen MR) is 137 cm³/mol. The summed E-state index contributed by atoms with van der Waals surface area (Å²) >= 11 is 0. The molecule has 3 aromatic rings. The van der Waals surface area contributed by atoms with E-state index in [1.807, 2.05) is 19.1 Å². The van der Waals surface area contributed by atoms with E-state index < -0.39 is 31.0 Å². The molecule has 0 bridgehead atoms. The number of rotatable bonds is 8. The van der Waals surface area contributed by atoms with E-state index in [0.717, 1.165) is 17.5 Å². The van der Waals surface area contributed by atoms with Crippen molar-refractivity contribution in [3.8, 4) is 11.1 Å². The van der Waals surface area contributed by atoms with E-state index in [9.17, 15) is 27.6 Å². The Balaban J connectivity index is 1.37. The van der Waals surface area contributed by atoms with Crippen LogP contribution in [-0.2, 0) is 20.9 Å². The van der Waals surface area contributed by atoms with Crippen molar-refractivity contribution in [1.29, 1.82) is 0 Å². The molecule has 2 aromatic heterocycles. The van der Waals surface area contributed by atoms with Gasteiger partial charge in [0.15, 0.2) is 5.78 Å². The molecule has 3 heterocycles. The second-order valence-corrected chi connectivity index (χ2v) is 10.9. The lowest BCUT2D eigenvalue weighted by Crippen LogP contribution is -2.51. The van der Waals surface area contributed by atoms with Crippen molar-refractivity contribution in [3.05, 3.63) is 42.1 Å². The van der Waals surface area contributed by atoms with Crippen molar-refractivity contribution in [2.45, 2.75) is 71.6 Å². The molecule has 1 unspecified atom stereocenters. The van der Waals surface area contributed by atoms with Crippen LogP contribution in [0.4, 0.5) is 13.2 Å². The van der Waals surface area contributed by atoms with E-state index in [1.165, 1.54) is 23.4 Å². The van der Waals surface area contributed by atoms with Gasteiger partial charge in [0.1, 0.15) is 24.1 Å². The van der Waals surface area contributed by atoms with Crippen LogP contribution in [0.15, 0.2) is 30.6 Å². The third-order valence-electron chi connectivity index (χ3n) is 7.59. The molecular formula is C27H29F3N6O4. The minimum Gasteiger partial charge on any atom is -0.350 e. The molecule has 40 heavy (non-hydrogen) atoms. The summed E-state index contributed by atoms with van der Waals surface area (Å²) < 4.78 is 42.5. The first kappa shape index (κ1) is 27.7. The Kier molecular flexibility index (Phi) is 6.89. The molecule has 10 nitrogen and oxygen atoms in total. The average Bonchev–Trinajstić information content (AvgIpc) is 3.24. The summed E-state index contributed by atoms with van der Waals surface area (Å²) in [7, 11) is 0. The Morgan fingerprint density at radius 1 is 1.18 bits per heavy atom. The molecule has 1 aliphatic heterocycles. The molecule has 0 spiro atoms. The van der Waals surface area contributed by atoms with Gasteiger partial charge in [0, 0.05) is 42.4 Å². The van der Waals surface area contributed by atoms with Gasteiger partial charge in [-0.3, -0.25) is 23.8 Å². The number of nitrogens with zero attached hydrogens (tertiary/aromatic N) is 5. The number of ether oxygens (including phenoxy) is 1. The lowest BCUT2D eigenvalue weighted by Gasteiger charge is -2.28. The van der Waals surface area contributed by atoms with Crippen LogP contribution in [0.5, 0.6) is 0 Å². The van der Waals surface area contributed by atoms with Crippen molar-refractivity contribution in [1.82, 2.24) is 30.0 Å². The van der Waals surface area contributed by atoms with E-state index >= 15 is 0 Å². The fourth-order valence-corrected chi connectivity index (χ4v) is 5.45. The number of amides is 2. The fourth-order valence-electron chi connectivity index (χ4n) is 5.45. The number of ketones is 1. The molecule has 1 aliphatic carbocycles. The molecule has 4 atom stereocenters. The number of aromatic nitrogens is 4. The standard InChI is InChI=1S/C27H29F3N6O4/c1-14(13-40-27(28,29)30)33-25(39)21-8-26(4)9-22(26)36(21)23(38)12-35-20-6-5-17(18-10-31-16(3)32-11-18)7-19(20)24(34-35)15(2)37/h5-7,10-11,14,21-22H,8-9,12-13H2,1-4H3,(H,33,39)/t14-,21-,22?,26-/m0/s1. The van der Waals surface area contributed by atoms with Gasteiger partial charge in [0.2, 0.25) is 11.8 Å². The van der Waals surface area contributed by atoms with E-state index in [0.29, 0.717) is 23.1 Å². The number of carbonyl (C=O) groups is 3. The number of likely N-dealkylation sites (tertiary alicyclic amines) is 1. The van der Waals surface area contributed by atoms with Gasteiger partial charge in [-0.05, 0) is 49.8 Å². The van der Waals surface area contributed by atoms with Gasteiger partial charge in [-0.2, -0.15) is 5.10 Å². The van der Waals surface area contributed by atoms with Gasteiger partial charge in [0.25, 0.3) is 0 Å². The molecule has 13 heteroatoms. The van der Waals surface area contributed by atoms with Crippen molar-refractivity contribution in [2.75, 3.05) is 6.61 Å². The first-order chi connectivity index (χ1) is 18.8. The Morgan fingerprint density at radius 2 is 1.88 bits per heavy atom. The van der Waals surface area contributed by atoms with E-state index in [-0.39, 0.29) is 35.4 Å². The van der Waals surface area contributed by atoms with Crippen molar-refractivity contribution >= 4 is 28.5 Å². The number of nitrogens with one attached hydrogen (secondary N) is 1. The number of Topliss-reactive ketones (excluding diaryl/α,β-unsaturated/α-hetero) is 1. The van der Waals surface area contributed by atoms with Crippen LogP contribution in [0, 0.1) is 12.3 Å². The van der Waals surface area contributed by atoms with Crippen LogP contribution in [0.2, 0.25) is 0 Å². The Bertz CT molecular complexity index is 1490. The third-order valence-corrected chi connectivity index (χ3v) is 7.59. The topological polar surface area (TPSA) is 119 Å². The highest BCUT2D eigenvalue weighted by Crippen LogP contribution is 2.59. The van der Waals surface area contributed by atoms with Gasteiger partial charge in [-0.25, -0.2) is 9.97 Å². The SMILES string of the molecule is CC(=O)c1nn(CC(=O)N2C3C[C@]3(C)C[C@H]2C(=O)N[C@@H](C)COC(F)(F)F)c2ccc(-c3cnc(C)nc3)cc12. The molecule has 1 aromatic carbocycles. The highest BCUT2D eigenvalue weighted by molar-refractivity contribution is 6.06. The smallest absolute Gasteiger partial charge is 0.350 e. The minimum atomic E-state index is -4.80. The summed E-state index contributed by atoms with van der Waals surface area (Å²) in [4.78, 5) is 49.0. The van der Waals surface area contributed by atoms with Crippen LogP contribution < -0.4 is 5.32 Å². The van der Waals surface area contributed by atoms with Crippen LogP contribution >= 0.6 is 0 Å². The fraction of sp³-hybridized carbons (Fsp3) is 0.481. The average molecular weight is 559 g/mol. The van der Waals surface area contributed by atoms with E-state index in [1.54, 1.807) is 25.4 Å². The van der Waals surface area contributed by atoms with Gasteiger partial charge >= 0.3 is 6.36 Å². The van der Waals surface area contributed by atoms with E-state index in [2.05, 4.69) is 25.1 Å². The highest BCUT2D eigenvalue weighted by atomic mass is 19.4. The number of halogens is 3. The Labute approximate surface area is 227 Å². The van der Waals surface area contributed by atoms with Crippen LogP contribution in [0.25, 0.3) is 22.0 Å². The van der Waals surface area contributed by atoms with Crippen molar-refractivity contribution in [2.24, 2.45) is 5.41 Å². The molecule has 1 N–H and O–H groups in total. The number of hydrogen-bond acceptors (Lipinski definition) is 7. The molecule has 2 amide bonds. The van der Waals surface area contributed by atoms with Crippen molar-refractivity contribution < 1.29 is 32.3 Å². The third kappa shape index (κ3) is 5.42. The first-order valence-electron chi connectivity index (χ1n) is 12.9. The number of benzene rings is 1. The zero-order valence-electron chi connectivity index (χ0n) is 22.5. The molecule has 5 rings (SSSR count). The number of hydrogen-bond donors (Lipinski definition) is 1. The zero-order valence-corrected chi connectivity index (χ0v) is 22.5. The summed E-state index contributed by atoms with van der Waals surface area (Å²) in [5.74, 6) is -0.525. The summed E-state index contributed by atoms with van der Waals surface area (Å²) in [5, 5.41) is 7.55. The predicted octanol–water partition coefficient (Wildman–Crippen LogP) is 3.42. The quantitative estimate of drug-likeness (QED) is 0.421. The molecule has 1 saturated carbocycles. The van der Waals surface area contributed by atoms with Gasteiger partial charge in [-0.1, -0.05) is 13.0 Å². The van der Waals surface area contributed by atoms with Crippen LogP contribution in [0.1, 0.15) is 49.9 Å². The summed E-state index contributed by atoms with van der Waals surface area (Å²) in [6.07, 6.45) is -0.291.